The SMILES string of the molecule is Cc1cc(C(=O)OC(C)C(=O)N2CCOCC2)c(C)n1-c1ccccc1. The largest absolute Gasteiger partial charge is 0.449 e. The minimum absolute atomic E-state index is 0.182. The molecular formula is C20H24N2O4. The number of amides is 1. The maximum absolute atomic E-state index is 12.6. The highest BCUT2D eigenvalue weighted by molar-refractivity contribution is 5.93. The molecule has 0 N–H and O–H groups in total. The Morgan fingerprint density at radius 3 is 2.42 bits per heavy atom. The molecule has 1 saturated heterocycles. The molecule has 0 aliphatic carbocycles. The Bertz CT molecular complexity index is 792. The fraction of sp³-hybridized carbons (Fsp3) is 0.400. The number of carbonyl (C=O) groups excluding carboxylic acids is 2. The number of esters is 1. The maximum atomic E-state index is 12.6. The van der Waals surface area contributed by atoms with Crippen molar-refractivity contribution >= 4 is 11.9 Å². The Hall–Kier alpha value is -2.60. The second-order valence-electron chi connectivity index (χ2n) is 6.44. The van der Waals surface area contributed by atoms with Crippen LogP contribution in [0.3, 0.4) is 0 Å². The van der Waals surface area contributed by atoms with Gasteiger partial charge in [0, 0.05) is 30.2 Å². The van der Waals surface area contributed by atoms with Crippen LogP contribution in [-0.2, 0) is 14.3 Å². The molecule has 0 saturated carbocycles. The Morgan fingerprint density at radius 2 is 1.77 bits per heavy atom. The van der Waals surface area contributed by atoms with Crippen molar-refractivity contribution in [3.8, 4) is 5.69 Å². The third-order valence-corrected chi connectivity index (χ3v) is 4.62. The molecule has 6 heteroatoms. The molecule has 2 heterocycles. The summed E-state index contributed by atoms with van der Waals surface area (Å²) >= 11 is 0. The zero-order chi connectivity index (χ0) is 18.7. The van der Waals surface area contributed by atoms with Gasteiger partial charge in [-0.1, -0.05) is 18.2 Å². The predicted octanol–water partition coefficient (Wildman–Crippen LogP) is 2.50. The molecule has 1 aliphatic heterocycles. The number of morpholine rings is 1. The first-order valence-corrected chi connectivity index (χ1v) is 8.81. The quantitative estimate of drug-likeness (QED) is 0.790. The van der Waals surface area contributed by atoms with Crippen LogP contribution in [0.1, 0.15) is 28.7 Å². The fourth-order valence-corrected chi connectivity index (χ4v) is 3.26. The predicted molar refractivity (Wildman–Crippen MR) is 97.5 cm³/mol. The summed E-state index contributed by atoms with van der Waals surface area (Å²) < 4.78 is 12.7. The summed E-state index contributed by atoms with van der Waals surface area (Å²) in [4.78, 5) is 26.7. The van der Waals surface area contributed by atoms with E-state index in [-0.39, 0.29) is 5.91 Å². The Morgan fingerprint density at radius 1 is 1.12 bits per heavy atom. The van der Waals surface area contributed by atoms with E-state index in [2.05, 4.69) is 0 Å². The number of hydrogen-bond donors (Lipinski definition) is 0. The van der Waals surface area contributed by atoms with E-state index in [1.807, 2.05) is 48.7 Å². The van der Waals surface area contributed by atoms with E-state index < -0.39 is 12.1 Å². The first-order chi connectivity index (χ1) is 12.5. The van der Waals surface area contributed by atoms with Crippen LogP contribution >= 0.6 is 0 Å². The summed E-state index contributed by atoms with van der Waals surface area (Å²) in [6, 6.07) is 11.6. The summed E-state index contributed by atoms with van der Waals surface area (Å²) in [5.41, 5.74) is 3.20. The Labute approximate surface area is 153 Å². The van der Waals surface area contributed by atoms with Crippen molar-refractivity contribution in [1.29, 1.82) is 0 Å². The lowest BCUT2D eigenvalue weighted by Gasteiger charge is -2.28. The third kappa shape index (κ3) is 3.65. The summed E-state index contributed by atoms with van der Waals surface area (Å²) in [7, 11) is 0. The number of hydrogen-bond acceptors (Lipinski definition) is 4. The van der Waals surface area contributed by atoms with Gasteiger partial charge in [0.1, 0.15) is 0 Å². The van der Waals surface area contributed by atoms with Crippen LogP contribution in [0, 0.1) is 13.8 Å². The first-order valence-electron chi connectivity index (χ1n) is 8.81. The second kappa shape index (κ2) is 7.74. The number of ether oxygens (including phenoxy) is 2. The van der Waals surface area contributed by atoms with Crippen molar-refractivity contribution in [2.24, 2.45) is 0 Å². The number of carbonyl (C=O) groups is 2. The minimum Gasteiger partial charge on any atom is -0.449 e. The van der Waals surface area contributed by atoms with Gasteiger partial charge in [-0.2, -0.15) is 0 Å². The van der Waals surface area contributed by atoms with Gasteiger partial charge in [-0.15, -0.1) is 0 Å². The zero-order valence-corrected chi connectivity index (χ0v) is 15.4. The Balaban J connectivity index is 1.75. The molecule has 1 fully saturated rings. The lowest BCUT2D eigenvalue weighted by molar-refractivity contribution is -0.143. The maximum Gasteiger partial charge on any atom is 0.340 e. The topological polar surface area (TPSA) is 60.8 Å². The monoisotopic (exact) mass is 356 g/mol. The first kappa shape index (κ1) is 18.2. The number of aromatic nitrogens is 1. The van der Waals surface area contributed by atoms with Gasteiger partial charge in [-0.05, 0) is 39.0 Å². The molecule has 1 aromatic heterocycles. The van der Waals surface area contributed by atoms with E-state index in [0.717, 1.165) is 17.1 Å². The molecule has 1 aromatic carbocycles. The number of para-hydroxylation sites is 1. The molecule has 6 nitrogen and oxygen atoms in total. The number of rotatable bonds is 4. The van der Waals surface area contributed by atoms with E-state index in [1.54, 1.807) is 17.9 Å². The number of benzene rings is 1. The van der Waals surface area contributed by atoms with Crippen LogP contribution in [0.2, 0.25) is 0 Å². The number of nitrogens with zero attached hydrogens (tertiary/aromatic N) is 2. The lowest BCUT2D eigenvalue weighted by atomic mass is 10.2. The normalized spacial score (nSPS) is 15.6. The van der Waals surface area contributed by atoms with Crippen molar-refractivity contribution in [3.63, 3.8) is 0 Å². The van der Waals surface area contributed by atoms with Gasteiger partial charge in [0.15, 0.2) is 6.10 Å². The van der Waals surface area contributed by atoms with Crippen molar-refractivity contribution in [3.05, 3.63) is 53.3 Å². The summed E-state index contributed by atoms with van der Waals surface area (Å²) in [5, 5.41) is 0. The highest BCUT2D eigenvalue weighted by atomic mass is 16.5. The molecule has 1 amide bonds. The Kier molecular flexibility index (Phi) is 5.42. The van der Waals surface area contributed by atoms with Crippen molar-refractivity contribution in [2.75, 3.05) is 26.3 Å². The van der Waals surface area contributed by atoms with Crippen LogP contribution in [0.25, 0.3) is 5.69 Å². The molecule has 2 aromatic rings. The van der Waals surface area contributed by atoms with E-state index in [9.17, 15) is 9.59 Å². The average Bonchev–Trinajstić information content (AvgIpc) is 2.96. The van der Waals surface area contributed by atoms with Crippen molar-refractivity contribution < 1.29 is 19.1 Å². The zero-order valence-electron chi connectivity index (χ0n) is 15.4. The van der Waals surface area contributed by atoms with Crippen molar-refractivity contribution in [1.82, 2.24) is 9.47 Å². The minimum atomic E-state index is -0.819. The number of aryl methyl sites for hydroxylation is 1. The highest BCUT2D eigenvalue weighted by Crippen LogP contribution is 2.22. The standard InChI is InChI=1S/C20H24N2O4/c1-14-13-18(15(2)22(14)17-7-5-4-6-8-17)20(24)26-16(3)19(23)21-9-11-25-12-10-21/h4-8,13,16H,9-12H2,1-3H3. The third-order valence-electron chi connectivity index (χ3n) is 4.62. The van der Waals surface area contributed by atoms with Gasteiger partial charge in [0.2, 0.25) is 0 Å². The smallest absolute Gasteiger partial charge is 0.340 e. The summed E-state index contributed by atoms with van der Waals surface area (Å²) in [6.45, 7) is 7.54. The van der Waals surface area contributed by atoms with Gasteiger partial charge < -0.3 is 18.9 Å². The van der Waals surface area contributed by atoms with Gasteiger partial charge >= 0.3 is 5.97 Å². The molecule has 1 unspecified atom stereocenters. The van der Waals surface area contributed by atoms with Gasteiger partial charge in [-0.3, -0.25) is 4.79 Å². The summed E-state index contributed by atoms with van der Waals surface area (Å²) in [5.74, 6) is -0.659. The molecule has 0 bridgehead atoms. The molecule has 138 valence electrons. The molecule has 0 radical (unpaired) electrons. The van der Waals surface area contributed by atoms with Crippen LogP contribution in [0.4, 0.5) is 0 Å². The second-order valence-corrected chi connectivity index (χ2v) is 6.44. The van der Waals surface area contributed by atoms with Crippen LogP contribution in [0.15, 0.2) is 36.4 Å². The van der Waals surface area contributed by atoms with E-state index >= 15 is 0 Å². The molecule has 3 rings (SSSR count). The van der Waals surface area contributed by atoms with Gasteiger partial charge in [-0.25, -0.2) is 4.79 Å². The van der Waals surface area contributed by atoms with Gasteiger partial charge in [0.25, 0.3) is 5.91 Å². The molecular weight excluding hydrogens is 332 g/mol. The molecule has 1 aliphatic rings. The van der Waals surface area contributed by atoms with Crippen LogP contribution < -0.4 is 0 Å². The van der Waals surface area contributed by atoms with E-state index in [4.69, 9.17) is 9.47 Å². The van der Waals surface area contributed by atoms with Crippen LogP contribution in [0.5, 0.6) is 0 Å². The van der Waals surface area contributed by atoms with E-state index in [1.165, 1.54) is 0 Å². The average molecular weight is 356 g/mol. The molecule has 0 spiro atoms. The molecule has 1 atom stereocenters. The van der Waals surface area contributed by atoms with E-state index in [0.29, 0.717) is 31.9 Å². The summed E-state index contributed by atoms with van der Waals surface area (Å²) in [6.07, 6.45) is -0.819. The van der Waals surface area contributed by atoms with Crippen LogP contribution in [-0.4, -0.2) is 53.8 Å². The molecule has 26 heavy (non-hydrogen) atoms. The lowest BCUT2D eigenvalue weighted by Crippen LogP contribution is -2.46. The highest BCUT2D eigenvalue weighted by Gasteiger charge is 2.27. The van der Waals surface area contributed by atoms with Gasteiger partial charge in [0.05, 0.1) is 18.8 Å². The van der Waals surface area contributed by atoms with Crippen molar-refractivity contribution in [2.45, 2.75) is 26.9 Å². The fourth-order valence-electron chi connectivity index (χ4n) is 3.26.